The van der Waals surface area contributed by atoms with Crippen molar-refractivity contribution in [2.24, 2.45) is 5.73 Å². The first-order valence-electron chi connectivity index (χ1n) is 7.84. The topological polar surface area (TPSA) is 172 Å². The molecule has 0 bridgehead atoms. The van der Waals surface area contributed by atoms with Crippen LogP contribution in [0.3, 0.4) is 0 Å². The lowest BCUT2D eigenvalue weighted by Crippen LogP contribution is -2.41. The van der Waals surface area contributed by atoms with Crippen molar-refractivity contribution in [2.75, 3.05) is 0 Å². The fourth-order valence-electron chi connectivity index (χ4n) is 2.09. The smallest absolute Gasteiger partial charge is 0.323 e. The van der Waals surface area contributed by atoms with Crippen molar-refractivity contribution < 1.29 is 28.7 Å². The number of rotatable bonds is 9. The van der Waals surface area contributed by atoms with Crippen molar-refractivity contribution in [2.45, 2.75) is 51.6 Å². The van der Waals surface area contributed by atoms with Gasteiger partial charge in [-0.2, -0.15) is 0 Å². The largest absolute Gasteiger partial charge is 0.358 e. The van der Waals surface area contributed by atoms with Crippen LogP contribution in [-0.2, 0) is 22.1 Å². The summed E-state index contributed by atoms with van der Waals surface area (Å²) in [6.07, 6.45) is 6.43. The third-order valence-electron chi connectivity index (χ3n) is 3.75. The molecule has 0 fully saturated rings. The van der Waals surface area contributed by atoms with Crippen LogP contribution < -0.4 is 5.73 Å². The maximum atomic E-state index is 11.5. The van der Waals surface area contributed by atoms with Gasteiger partial charge in [-0.25, -0.2) is 4.68 Å². The molecule has 26 heavy (non-hydrogen) atoms. The summed E-state index contributed by atoms with van der Waals surface area (Å²) in [5, 5.41) is 4.46. The van der Waals surface area contributed by atoms with Gasteiger partial charge >= 0.3 is 15.2 Å². The highest BCUT2D eigenvalue weighted by molar-refractivity contribution is 7.72. The highest BCUT2D eigenvalue weighted by atomic mass is 31.2. The van der Waals surface area contributed by atoms with Crippen molar-refractivity contribution in [3.8, 4) is 0 Å². The molecule has 0 saturated carbocycles. The summed E-state index contributed by atoms with van der Waals surface area (Å²) in [7, 11) is -10.6. The Morgan fingerprint density at radius 1 is 1.19 bits per heavy atom. The highest BCUT2D eigenvalue weighted by Gasteiger charge is 2.57. The fraction of sp³-hybridized carbons (Fsp3) is 0.571. The fourth-order valence-corrected chi connectivity index (χ4v) is 4.18. The molecule has 0 aliphatic carbocycles. The molecular formula is C14H26N4O6P2. The van der Waals surface area contributed by atoms with Crippen LogP contribution >= 0.6 is 15.2 Å². The summed E-state index contributed by atoms with van der Waals surface area (Å²) >= 11 is 0. The molecule has 1 rings (SSSR count). The quantitative estimate of drug-likeness (QED) is 0.300. The van der Waals surface area contributed by atoms with E-state index in [-0.39, 0.29) is 5.69 Å². The van der Waals surface area contributed by atoms with Crippen LogP contribution in [0.4, 0.5) is 0 Å². The van der Waals surface area contributed by atoms with Crippen molar-refractivity contribution in [1.29, 1.82) is 0 Å². The zero-order valence-electron chi connectivity index (χ0n) is 15.0. The predicted octanol–water partition coefficient (Wildman–Crippen LogP) is 1.48. The minimum atomic E-state index is -5.30. The Hall–Kier alpha value is -1.12. The minimum Gasteiger partial charge on any atom is -0.323 e. The second-order valence-electron chi connectivity index (χ2n) is 6.45. The summed E-state index contributed by atoms with van der Waals surface area (Å²) in [5.41, 5.74) is 7.74. The predicted molar refractivity (Wildman–Crippen MR) is 97.2 cm³/mol. The Morgan fingerprint density at radius 2 is 1.77 bits per heavy atom. The van der Waals surface area contributed by atoms with Crippen LogP contribution in [0.2, 0.25) is 0 Å². The second kappa shape index (κ2) is 8.71. The van der Waals surface area contributed by atoms with Crippen LogP contribution in [0, 0.1) is 0 Å². The molecule has 0 spiro atoms. The van der Waals surface area contributed by atoms with E-state index in [1.165, 1.54) is 16.5 Å². The lowest BCUT2D eigenvalue weighted by atomic mass is 10.1. The molecule has 6 N–H and O–H groups in total. The van der Waals surface area contributed by atoms with E-state index >= 15 is 0 Å². The van der Waals surface area contributed by atoms with Gasteiger partial charge in [0.15, 0.2) is 0 Å². The summed E-state index contributed by atoms with van der Waals surface area (Å²) in [6.45, 7) is 6.41. The van der Waals surface area contributed by atoms with E-state index in [9.17, 15) is 28.7 Å². The van der Waals surface area contributed by atoms with E-state index in [2.05, 4.69) is 16.4 Å². The molecule has 0 aliphatic heterocycles. The molecule has 1 heterocycles. The third-order valence-corrected chi connectivity index (χ3v) is 7.65. The monoisotopic (exact) mass is 408 g/mol. The molecule has 10 nitrogen and oxygen atoms in total. The summed E-state index contributed by atoms with van der Waals surface area (Å²) in [6, 6.07) is 0. The average Bonchev–Trinajstić information content (AvgIpc) is 2.89. The van der Waals surface area contributed by atoms with Crippen LogP contribution in [0.5, 0.6) is 0 Å². The van der Waals surface area contributed by atoms with Crippen molar-refractivity contribution in [1.82, 2.24) is 15.0 Å². The van der Waals surface area contributed by atoms with Crippen molar-refractivity contribution >= 4 is 15.2 Å². The molecule has 1 aromatic rings. The second-order valence-corrected chi connectivity index (χ2v) is 10.6. The zero-order valence-corrected chi connectivity index (χ0v) is 16.8. The Labute approximate surface area is 152 Å². The molecule has 0 amide bonds. The van der Waals surface area contributed by atoms with Crippen molar-refractivity contribution in [3.63, 3.8) is 0 Å². The molecule has 0 atom stereocenters. The Bertz CT molecular complexity index is 750. The lowest BCUT2D eigenvalue weighted by Gasteiger charge is -2.29. The van der Waals surface area contributed by atoms with E-state index in [1.54, 1.807) is 0 Å². The summed E-state index contributed by atoms with van der Waals surface area (Å²) in [4.78, 5) is 37.1. The van der Waals surface area contributed by atoms with Crippen LogP contribution in [0.15, 0.2) is 29.5 Å². The van der Waals surface area contributed by atoms with E-state index in [4.69, 9.17) is 5.73 Å². The Morgan fingerprint density at radius 3 is 2.27 bits per heavy atom. The van der Waals surface area contributed by atoms with Crippen LogP contribution in [0.1, 0.15) is 39.3 Å². The molecular weight excluding hydrogens is 382 g/mol. The molecule has 12 heteroatoms. The number of hydrogen-bond donors (Lipinski definition) is 5. The number of nitrogens with two attached hydrogens (primary N) is 1. The maximum Gasteiger partial charge on any atom is 0.358 e. The SMILES string of the molecule is CC(C)=CCC/C(C)=C/Cn1cc(CC(N)(P(=O)(O)O)P(=O)(O)O)nn1. The average molecular weight is 408 g/mol. The highest BCUT2D eigenvalue weighted by Crippen LogP contribution is 2.66. The van der Waals surface area contributed by atoms with E-state index < -0.39 is 26.6 Å². The molecule has 0 aliphatic rings. The third kappa shape index (κ3) is 6.25. The van der Waals surface area contributed by atoms with Gasteiger partial charge in [0.05, 0.1) is 12.2 Å². The minimum absolute atomic E-state index is 0.0188. The van der Waals surface area contributed by atoms with Gasteiger partial charge in [-0.3, -0.25) is 9.13 Å². The van der Waals surface area contributed by atoms with Crippen LogP contribution in [-0.4, -0.2) is 39.6 Å². The van der Waals surface area contributed by atoms with Gasteiger partial charge < -0.3 is 25.3 Å². The number of allylic oxidation sites excluding steroid dienone is 4. The van der Waals surface area contributed by atoms with Gasteiger partial charge in [0.1, 0.15) is 0 Å². The van der Waals surface area contributed by atoms with Gasteiger partial charge in [-0.05, 0) is 33.6 Å². The zero-order chi connectivity index (χ0) is 20.2. The van der Waals surface area contributed by atoms with Gasteiger partial charge in [0.2, 0.25) is 5.02 Å². The normalized spacial score (nSPS) is 13.8. The maximum absolute atomic E-state index is 11.5. The first kappa shape index (κ1) is 22.9. The first-order chi connectivity index (χ1) is 11.8. The van der Waals surface area contributed by atoms with Gasteiger partial charge in [0.25, 0.3) is 0 Å². The molecule has 0 saturated heterocycles. The standard InChI is InChI=1S/C14H26N4O6P2/c1-11(2)5-4-6-12(3)7-8-18-10-13(16-17-18)9-14(15,25(19,20)21)26(22,23)24/h5,7,10H,4,6,8-9,15H2,1-3H3,(H2,19,20,21)(H2,22,23,24)/b12-7+. The summed E-state index contributed by atoms with van der Waals surface area (Å²) < 4.78 is 24.4. The van der Waals surface area contributed by atoms with E-state index in [0.29, 0.717) is 6.54 Å². The first-order valence-corrected chi connectivity index (χ1v) is 11.1. The molecule has 0 aromatic carbocycles. The van der Waals surface area contributed by atoms with Crippen LogP contribution in [0.25, 0.3) is 0 Å². The van der Waals surface area contributed by atoms with Gasteiger partial charge in [-0.15, -0.1) is 5.10 Å². The molecule has 1 aromatic heterocycles. The van der Waals surface area contributed by atoms with Crippen molar-refractivity contribution in [3.05, 3.63) is 35.2 Å². The lowest BCUT2D eigenvalue weighted by molar-refractivity contribution is 0.307. The van der Waals surface area contributed by atoms with E-state index in [1.807, 2.05) is 26.8 Å². The van der Waals surface area contributed by atoms with Gasteiger partial charge in [0, 0.05) is 12.6 Å². The molecule has 0 radical (unpaired) electrons. The number of aromatic nitrogens is 3. The Balaban J connectivity index is 2.83. The molecule has 148 valence electrons. The van der Waals surface area contributed by atoms with Gasteiger partial charge in [-0.1, -0.05) is 28.5 Å². The number of hydrogen-bond acceptors (Lipinski definition) is 5. The van der Waals surface area contributed by atoms with E-state index in [0.717, 1.165) is 18.4 Å². The summed E-state index contributed by atoms with van der Waals surface area (Å²) in [5.74, 6) is 0. The Kier molecular flexibility index (Phi) is 7.68. The molecule has 0 unspecified atom stereocenters. The number of nitrogens with zero attached hydrogens (tertiary/aromatic N) is 3.